The van der Waals surface area contributed by atoms with Crippen LogP contribution in [0.4, 0.5) is 5.69 Å². The number of benzene rings is 1. The lowest BCUT2D eigenvalue weighted by Gasteiger charge is -2.42. The van der Waals surface area contributed by atoms with Crippen molar-refractivity contribution in [3.05, 3.63) is 33.9 Å². The Morgan fingerprint density at radius 1 is 1.05 bits per heavy atom. The Balaban J connectivity index is 2.44. The molecule has 1 aliphatic rings. The van der Waals surface area contributed by atoms with Gasteiger partial charge in [-0.3, -0.25) is 24.5 Å². The molecule has 0 aromatic heterocycles. The minimum Gasteiger partial charge on any atom is -0.467 e. The van der Waals surface area contributed by atoms with E-state index in [1.807, 2.05) is 0 Å². The number of nitro groups is 1. The minimum absolute atomic E-state index is 0.0944. The number of likely N-dealkylation sites (N-methyl/N-ethyl adjacent to an activating group) is 2. The van der Waals surface area contributed by atoms with Gasteiger partial charge in [-0.15, -0.1) is 0 Å². The zero-order chi connectivity index (χ0) is 31.6. The summed E-state index contributed by atoms with van der Waals surface area (Å²) in [5, 5.41) is 15.1. The number of nitro benzene ring substituents is 1. The maximum atomic E-state index is 12.6. The molecule has 2 rings (SSSR count). The fraction of sp³-hybridized carbons (Fsp3) is 0.560. The molecule has 1 aromatic carbocycles. The number of methoxy groups -OCH3 is 1. The highest BCUT2D eigenvalue weighted by Gasteiger charge is 2.56. The van der Waals surface area contributed by atoms with Crippen molar-refractivity contribution in [2.75, 3.05) is 34.3 Å². The lowest BCUT2D eigenvalue weighted by molar-refractivity contribution is -0.387. The topological polar surface area (TPSA) is 191 Å². The number of rotatable bonds is 12. The van der Waals surface area contributed by atoms with Crippen LogP contribution in [-0.2, 0) is 54.2 Å². The molecule has 1 aliphatic heterocycles. The number of esters is 4. The highest BCUT2D eigenvalue weighted by atomic mass is 32.1. The van der Waals surface area contributed by atoms with Gasteiger partial charge in [0.25, 0.3) is 5.17 Å². The van der Waals surface area contributed by atoms with E-state index >= 15 is 0 Å². The van der Waals surface area contributed by atoms with Crippen molar-refractivity contribution in [3.63, 3.8) is 0 Å². The Morgan fingerprint density at radius 3 is 2.19 bits per heavy atom. The normalized spacial score (nSPS) is 21.3. The first-order valence-corrected chi connectivity index (χ1v) is 12.9. The van der Waals surface area contributed by atoms with E-state index in [1.165, 1.54) is 18.2 Å². The summed E-state index contributed by atoms with van der Waals surface area (Å²) in [5.74, 6) is -4.05. The molecule has 0 spiro atoms. The molecule has 42 heavy (non-hydrogen) atoms. The van der Waals surface area contributed by atoms with Crippen LogP contribution in [0.3, 0.4) is 0 Å². The first-order chi connectivity index (χ1) is 19.8. The van der Waals surface area contributed by atoms with Crippen LogP contribution in [-0.4, -0.2) is 104 Å². The van der Waals surface area contributed by atoms with Gasteiger partial charge in [-0.1, -0.05) is 6.07 Å². The van der Waals surface area contributed by atoms with Crippen LogP contribution in [0, 0.1) is 10.1 Å². The molecule has 0 bridgehead atoms. The zero-order valence-corrected chi connectivity index (χ0v) is 24.7. The Bertz CT molecular complexity index is 1180. The summed E-state index contributed by atoms with van der Waals surface area (Å²) >= 11 is 5.23. The Morgan fingerprint density at radius 2 is 1.64 bits per heavy atom. The Kier molecular flexibility index (Phi) is 12.8. The van der Waals surface area contributed by atoms with Gasteiger partial charge in [-0.2, -0.15) is 0 Å². The summed E-state index contributed by atoms with van der Waals surface area (Å²) in [6.07, 6.45) is -8.36. The van der Waals surface area contributed by atoms with Crippen LogP contribution in [0.25, 0.3) is 0 Å². The van der Waals surface area contributed by atoms with E-state index in [2.05, 4.69) is 5.32 Å². The molecule has 232 valence electrons. The highest BCUT2D eigenvalue weighted by molar-refractivity contribution is 7.80. The van der Waals surface area contributed by atoms with Crippen LogP contribution in [0.15, 0.2) is 18.2 Å². The molecule has 1 N–H and O–H groups in total. The van der Waals surface area contributed by atoms with Gasteiger partial charge in [0.05, 0.1) is 12.0 Å². The monoisotopic (exact) mass is 615 g/mol. The molecule has 0 aliphatic carbocycles. The van der Waals surface area contributed by atoms with Crippen molar-refractivity contribution >= 4 is 47.0 Å². The smallest absolute Gasteiger partial charge is 0.339 e. The molecule has 0 saturated carbocycles. The van der Waals surface area contributed by atoms with Gasteiger partial charge in [-0.05, 0) is 30.9 Å². The van der Waals surface area contributed by atoms with Crippen LogP contribution >= 0.6 is 12.2 Å². The molecule has 0 amide bonds. The predicted octanol–water partition coefficient (Wildman–Crippen LogP) is 0.619. The van der Waals surface area contributed by atoms with E-state index in [9.17, 15) is 29.3 Å². The summed E-state index contributed by atoms with van der Waals surface area (Å²) in [7, 11) is 4.55. The van der Waals surface area contributed by atoms with Gasteiger partial charge >= 0.3 is 29.6 Å². The van der Waals surface area contributed by atoms with Gasteiger partial charge < -0.3 is 43.4 Å². The van der Waals surface area contributed by atoms with Crippen molar-refractivity contribution in [1.82, 2.24) is 10.2 Å². The van der Waals surface area contributed by atoms with Crippen LogP contribution in [0.2, 0.25) is 0 Å². The molecule has 16 nitrogen and oxygen atoms in total. The first kappa shape index (κ1) is 34.1. The number of carbonyl (C=O) groups excluding carboxylic acids is 4. The second-order valence-corrected chi connectivity index (χ2v) is 9.28. The van der Waals surface area contributed by atoms with Crippen LogP contribution in [0.5, 0.6) is 5.75 Å². The molecular formula is C25H33N3O13S. The van der Waals surface area contributed by atoms with Crippen LogP contribution in [0.1, 0.15) is 26.3 Å². The fourth-order valence-corrected chi connectivity index (χ4v) is 3.97. The minimum atomic E-state index is -1.76. The van der Waals surface area contributed by atoms with Crippen molar-refractivity contribution < 1.29 is 57.3 Å². The standard InChI is InChI=1S/C25H33N3O13S/c1-13(29)37-19-20(38-14(2)30)22(39-15(3)31)24(41-21(19)23(32)35-6)40-18-8-7-16(11-17(18)28(33)34)12-36-25(42)27(5)10-9-26-4/h7-8,11,19-22,24,26H,9-10,12H2,1-6H3/t19-,20-,21-,22+,24+/m0/s1. The second-order valence-electron chi connectivity index (χ2n) is 8.93. The van der Waals surface area contributed by atoms with E-state index in [4.69, 9.17) is 45.4 Å². The van der Waals surface area contributed by atoms with Crippen molar-refractivity contribution in [2.45, 2.75) is 58.1 Å². The van der Waals surface area contributed by atoms with E-state index < -0.39 is 65.2 Å². The average Bonchev–Trinajstić information content (AvgIpc) is 2.92. The molecule has 5 atom stereocenters. The third kappa shape index (κ3) is 9.49. The van der Waals surface area contributed by atoms with Crippen molar-refractivity contribution in [3.8, 4) is 5.75 Å². The van der Waals surface area contributed by atoms with Crippen molar-refractivity contribution in [2.24, 2.45) is 0 Å². The first-order valence-electron chi connectivity index (χ1n) is 12.5. The quantitative estimate of drug-likeness (QED) is 0.113. The molecule has 0 unspecified atom stereocenters. The summed E-state index contributed by atoms with van der Waals surface area (Å²) in [5.41, 5.74) is -0.156. The molecular weight excluding hydrogens is 582 g/mol. The van der Waals surface area contributed by atoms with E-state index in [1.54, 1.807) is 19.0 Å². The third-order valence-electron chi connectivity index (χ3n) is 5.67. The van der Waals surface area contributed by atoms with Gasteiger partial charge in [0, 0.05) is 47.0 Å². The van der Waals surface area contributed by atoms with Gasteiger partial charge in [-0.25, -0.2) is 4.79 Å². The zero-order valence-electron chi connectivity index (χ0n) is 23.9. The van der Waals surface area contributed by atoms with Gasteiger partial charge in [0.2, 0.25) is 12.4 Å². The molecule has 17 heteroatoms. The number of nitrogens with one attached hydrogen (secondary N) is 1. The maximum absolute atomic E-state index is 12.6. The number of hydrogen-bond acceptors (Lipinski definition) is 15. The van der Waals surface area contributed by atoms with Gasteiger partial charge in [0.15, 0.2) is 24.1 Å². The SMILES string of the molecule is CNCCN(C)C(=S)OCc1ccc(O[C@@H]2O[C@H](C(=O)OC)[C@@H](OC(C)=O)[C@H](OC(C)=O)[C@H]2OC(C)=O)c([N+](=O)[O-])c1. The highest BCUT2D eigenvalue weighted by Crippen LogP contribution is 2.35. The fourth-order valence-electron chi connectivity index (χ4n) is 3.82. The van der Waals surface area contributed by atoms with E-state index in [0.29, 0.717) is 18.7 Å². The van der Waals surface area contributed by atoms with E-state index in [-0.39, 0.29) is 17.5 Å². The molecule has 1 fully saturated rings. The van der Waals surface area contributed by atoms with Crippen LogP contribution < -0.4 is 10.1 Å². The van der Waals surface area contributed by atoms with Gasteiger partial charge in [0.1, 0.15) is 6.61 Å². The number of nitrogens with zero attached hydrogens (tertiary/aromatic N) is 2. The molecule has 1 saturated heterocycles. The Hall–Kier alpha value is -4.09. The number of carbonyl (C=O) groups is 4. The second kappa shape index (κ2) is 15.8. The number of hydrogen-bond donors (Lipinski definition) is 1. The maximum Gasteiger partial charge on any atom is 0.339 e. The summed E-state index contributed by atoms with van der Waals surface area (Å²) in [6, 6.07) is 3.88. The Labute approximate surface area is 246 Å². The molecule has 1 aromatic rings. The van der Waals surface area contributed by atoms with E-state index in [0.717, 1.165) is 27.9 Å². The lowest BCUT2D eigenvalue weighted by atomic mass is 9.97. The molecule has 0 radical (unpaired) electrons. The summed E-state index contributed by atoms with van der Waals surface area (Å²) < 4.78 is 37.5. The number of thiocarbonyl (C=S) groups is 1. The van der Waals surface area contributed by atoms with Crippen molar-refractivity contribution in [1.29, 1.82) is 0 Å². The summed E-state index contributed by atoms with van der Waals surface area (Å²) in [4.78, 5) is 61.3. The molecule has 1 heterocycles. The third-order valence-corrected chi connectivity index (χ3v) is 6.10. The predicted molar refractivity (Wildman–Crippen MR) is 145 cm³/mol. The number of ether oxygens (including phenoxy) is 7. The lowest BCUT2D eigenvalue weighted by Crippen LogP contribution is -2.64. The largest absolute Gasteiger partial charge is 0.467 e. The summed E-state index contributed by atoms with van der Waals surface area (Å²) in [6.45, 7) is 4.24. The average molecular weight is 616 g/mol.